The van der Waals surface area contributed by atoms with E-state index in [0.717, 1.165) is 23.9 Å². The Morgan fingerprint density at radius 1 is 0.952 bits per heavy atom. The fraction of sp³-hybridized carbons (Fsp3) is 1.00. The van der Waals surface area contributed by atoms with Crippen LogP contribution in [0.25, 0.3) is 0 Å². The molecule has 0 aromatic rings. The Labute approximate surface area is 132 Å². The highest BCUT2D eigenvalue weighted by atomic mass is 15.1. The van der Waals surface area contributed by atoms with E-state index in [-0.39, 0.29) is 0 Å². The molecule has 3 aliphatic heterocycles. The quantitative estimate of drug-likeness (QED) is 0.844. The van der Waals surface area contributed by atoms with Gasteiger partial charge in [0.15, 0.2) is 0 Å². The zero-order chi connectivity index (χ0) is 14.9. The van der Waals surface area contributed by atoms with Crippen molar-refractivity contribution in [1.29, 1.82) is 0 Å². The van der Waals surface area contributed by atoms with Gasteiger partial charge in [0, 0.05) is 12.1 Å². The molecule has 2 bridgehead atoms. The van der Waals surface area contributed by atoms with Gasteiger partial charge in [0.05, 0.1) is 0 Å². The molecular weight excluding hydrogens is 256 g/mol. The number of likely N-dealkylation sites (tertiary alicyclic amines) is 1. The summed E-state index contributed by atoms with van der Waals surface area (Å²) < 4.78 is 0. The van der Waals surface area contributed by atoms with Gasteiger partial charge < -0.3 is 10.2 Å². The third-order valence-electron chi connectivity index (χ3n) is 6.47. The van der Waals surface area contributed by atoms with Crippen LogP contribution in [0.3, 0.4) is 0 Å². The van der Waals surface area contributed by atoms with E-state index >= 15 is 0 Å². The van der Waals surface area contributed by atoms with E-state index < -0.39 is 0 Å². The smallest absolute Gasteiger partial charge is 0.00728 e. The first-order valence-electron chi connectivity index (χ1n) is 9.49. The van der Waals surface area contributed by atoms with Crippen LogP contribution in [0.15, 0.2) is 0 Å². The van der Waals surface area contributed by atoms with Crippen molar-refractivity contribution >= 4 is 0 Å². The number of piperidine rings is 1. The number of nitrogens with one attached hydrogen (secondary N) is 1. The lowest BCUT2D eigenvalue weighted by Gasteiger charge is -2.31. The van der Waals surface area contributed by atoms with Crippen LogP contribution in [0.1, 0.15) is 72.1 Å². The maximum Gasteiger partial charge on any atom is 0.00728 e. The van der Waals surface area contributed by atoms with Crippen molar-refractivity contribution in [3.63, 3.8) is 0 Å². The SMILES string of the molecule is CC(C)(C)C1CCCN(CCC2CC3CCC(C2)N3)CC1. The molecule has 2 nitrogen and oxygen atoms in total. The first-order valence-corrected chi connectivity index (χ1v) is 9.49. The van der Waals surface area contributed by atoms with Crippen LogP contribution in [-0.2, 0) is 0 Å². The summed E-state index contributed by atoms with van der Waals surface area (Å²) >= 11 is 0. The second-order valence-corrected chi connectivity index (χ2v) is 9.10. The normalized spacial score (nSPS) is 38.4. The molecule has 3 heterocycles. The van der Waals surface area contributed by atoms with Gasteiger partial charge in [0.25, 0.3) is 0 Å². The van der Waals surface area contributed by atoms with Crippen molar-refractivity contribution in [3.8, 4) is 0 Å². The van der Waals surface area contributed by atoms with E-state index in [1.54, 1.807) is 0 Å². The van der Waals surface area contributed by atoms with E-state index in [1.165, 1.54) is 71.0 Å². The predicted octanol–water partition coefficient (Wildman–Crippen LogP) is 4.06. The Morgan fingerprint density at radius 3 is 2.33 bits per heavy atom. The molecule has 0 radical (unpaired) electrons. The summed E-state index contributed by atoms with van der Waals surface area (Å²) in [6.45, 7) is 11.3. The summed E-state index contributed by atoms with van der Waals surface area (Å²) in [5.74, 6) is 1.93. The highest BCUT2D eigenvalue weighted by molar-refractivity contribution is 4.92. The van der Waals surface area contributed by atoms with Crippen LogP contribution in [-0.4, -0.2) is 36.6 Å². The third kappa shape index (κ3) is 4.22. The molecule has 0 aliphatic carbocycles. The van der Waals surface area contributed by atoms with Gasteiger partial charge >= 0.3 is 0 Å². The molecule has 21 heavy (non-hydrogen) atoms. The highest BCUT2D eigenvalue weighted by Crippen LogP contribution is 2.35. The summed E-state index contributed by atoms with van der Waals surface area (Å²) in [6.07, 6.45) is 11.5. The van der Waals surface area contributed by atoms with Crippen molar-refractivity contribution in [2.75, 3.05) is 19.6 Å². The number of nitrogens with zero attached hydrogens (tertiary/aromatic N) is 1. The zero-order valence-electron chi connectivity index (χ0n) is 14.5. The number of hydrogen-bond acceptors (Lipinski definition) is 2. The van der Waals surface area contributed by atoms with Gasteiger partial charge in [-0.1, -0.05) is 20.8 Å². The second-order valence-electron chi connectivity index (χ2n) is 9.10. The third-order valence-corrected chi connectivity index (χ3v) is 6.47. The maximum atomic E-state index is 3.78. The summed E-state index contributed by atoms with van der Waals surface area (Å²) in [6, 6.07) is 1.73. The number of hydrogen-bond donors (Lipinski definition) is 1. The Morgan fingerprint density at radius 2 is 1.67 bits per heavy atom. The van der Waals surface area contributed by atoms with Gasteiger partial charge in [-0.3, -0.25) is 0 Å². The van der Waals surface area contributed by atoms with Gasteiger partial charge in [0.2, 0.25) is 0 Å². The molecule has 3 fully saturated rings. The minimum absolute atomic E-state index is 0.504. The van der Waals surface area contributed by atoms with Gasteiger partial charge in [-0.2, -0.15) is 0 Å². The molecule has 3 rings (SSSR count). The Balaban J connectivity index is 1.41. The molecule has 0 aromatic carbocycles. The Hall–Kier alpha value is -0.0800. The molecule has 2 heteroatoms. The van der Waals surface area contributed by atoms with E-state index in [1.807, 2.05) is 0 Å². The van der Waals surface area contributed by atoms with E-state index in [2.05, 4.69) is 31.0 Å². The summed E-state index contributed by atoms with van der Waals surface area (Å²) in [5, 5.41) is 3.78. The fourth-order valence-electron chi connectivity index (χ4n) is 5.02. The standard InChI is InChI=1S/C19H36N2/c1-19(2,3)16-5-4-10-21(12-9-16)11-8-15-13-17-6-7-18(14-15)20-17/h15-18,20H,4-14H2,1-3H3. The molecule has 3 aliphatic rings. The molecule has 1 N–H and O–H groups in total. The Bertz CT molecular complexity index is 321. The summed E-state index contributed by atoms with van der Waals surface area (Å²) in [5.41, 5.74) is 0.504. The summed E-state index contributed by atoms with van der Waals surface area (Å²) in [4.78, 5) is 2.77. The van der Waals surface area contributed by atoms with Crippen molar-refractivity contribution in [2.45, 2.75) is 84.2 Å². The van der Waals surface area contributed by atoms with Crippen molar-refractivity contribution < 1.29 is 0 Å². The second kappa shape index (κ2) is 6.58. The summed E-state index contributed by atoms with van der Waals surface area (Å²) in [7, 11) is 0. The predicted molar refractivity (Wildman–Crippen MR) is 90.5 cm³/mol. The van der Waals surface area contributed by atoms with Gasteiger partial charge in [-0.05, 0) is 88.3 Å². The van der Waals surface area contributed by atoms with E-state index in [4.69, 9.17) is 0 Å². The van der Waals surface area contributed by atoms with Crippen LogP contribution in [0.4, 0.5) is 0 Å². The van der Waals surface area contributed by atoms with Crippen LogP contribution >= 0.6 is 0 Å². The Kier molecular flexibility index (Phi) is 4.95. The van der Waals surface area contributed by atoms with Crippen LogP contribution in [0.5, 0.6) is 0 Å². The lowest BCUT2D eigenvalue weighted by atomic mass is 9.77. The van der Waals surface area contributed by atoms with Crippen LogP contribution in [0.2, 0.25) is 0 Å². The van der Waals surface area contributed by atoms with Gasteiger partial charge in [-0.15, -0.1) is 0 Å². The molecule has 3 atom stereocenters. The molecule has 0 saturated carbocycles. The minimum Gasteiger partial charge on any atom is -0.311 e. The lowest BCUT2D eigenvalue weighted by Crippen LogP contribution is -2.39. The zero-order valence-corrected chi connectivity index (χ0v) is 14.5. The average Bonchev–Trinajstić information content (AvgIpc) is 2.65. The van der Waals surface area contributed by atoms with Crippen molar-refractivity contribution in [1.82, 2.24) is 10.2 Å². The lowest BCUT2D eigenvalue weighted by molar-refractivity contribution is 0.198. The van der Waals surface area contributed by atoms with E-state index in [0.29, 0.717) is 5.41 Å². The average molecular weight is 293 g/mol. The van der Waals surface area contributed by atoms with Gasteiger partial charge in [-0.25, -0.2) is 0 Å². The topological polar surface area (TPSA) is 15.3 Å². The van der Waals surface area contributed by atoms with Crippen LogP contribution in [0, 0.1) is 17.3 Å². The number of fused-ring (bicyclic) bond motifs is 2. The largest absolute Gasteiger partial charge is 0.311 e. The first kappa shape index (κ1) is 15.8. The van der Waals surface area contributed by atoms with E-state index in [9.17, 15) is 0 Å². The van der Waals surface area contributed by atoms with Crippen LogP contribution < -0.4 is 5.32 Å². The van der Waals surface area contributed by atoms with Gasteiger partial charge in [0.1, 0.15) is 0 Å². The molecule has 3 saturated heterocycles. The molecule has 0 aromatic heterocycles. The molecular formula is C19H36N2. The maximum absolute atomic E-state index is 3.78. The van der Waals surface area contributed by atoms with Crippen molar-refractivity contribution in [2.24, 2.45) is 17.3 Å². The first-order chi connectivity index (χ1) is 10.0. The fourth-order valence-corrected chi connectivity index (χ4v) is 5.02. The minimum atomic E-state index is 0.504. The monoisotopic (exact) mass is 292 g/mol. The highest BCUT2D eigenvalue weighted by Gasteiger charge is 2.33. The molecule has 122 valence electrons. The number of rotatable bonds is 3. The molecule has 3 unspecified atom stereocenters. The molecule has 0 amide bonds. The molecule has 0 spiro atoms. The van der Waals surface area contributed by atoms with Crippen molar-refractivity contribution in [3.05, 3.63) is 0 Å².